The molecule has 2 amide bonds. The van der Waals surface area contributed by atoms with E-state index in [4.69, 9.17) is 5.11 Å². The standard InChI is InChI=1S/C21H34N2O3/c1-2-3-4-5-6-7-8-9-13-16-20(24)23-19(17-22-21(25)26)18-14-11-10-12-15-18/h10-12,14-15,19,22H,2-9,13,16-17H2,1H3,(H,23,24)(H,25,26)/t19-/m0/s1. The molecular formula is C21H34N2O3. The highest BCUT2D eigenvalue weighted by molar-refractivity contribution is 5.76. The zero-order valence-corrected chi connectivity index (χ0v) is 16.0. The average molecular weight is 363 g/mol. The van der Waals surface area contributed by atoms with Gasteiger partial charge in [0.15, 0.2) is 0 Å². The molecule has 0 spiro atoms. The maximum atomic E-state index is 12.2. The second kappa shape index (κ2) is 14.2. The van der Waals surface area contributed by atoms with Crippen molar-refractivity contribution < 1.29 is 14.7 Å². The maximum absolute atomic E-state index is 12.2. The van der Waals surface area contributed by atoms with Crippen LogP contribution in [0.5, 0.6) is 0 Å². The Bertz CT molecular complexity index is 505. The van der Waals surface area contributed by atoms with Gasteiger partial charge in [0.25, 0.3) is 0 Å². The fourth-order valence-corrected chi connectivity index (χ4v) is 2.99. The highest BCUT2D eigenvalue weighted by Crippen LogP contribution is 2.13. The number of carbonyl (C=O) groups excluding carboxylic acids is 1. The molecule has 0 aromatic heterocycles. The Balaban J connectivity index is 2.24. The van der Waals surface area contributed by atoms with Crippen LogP contribution in [0, 0.1) is 0 Å². The van der Waals surface area contributed by atoms with Crippen LogP contribution < -0.4 is 10.6 Å². The van der Waals surface area contributed by atoms with Crippen molar-refractivity contribution in [1.82, 2.24) is 10.6 Å². The number of carboxylic acid groups (broad SMARTS) is 1. The number of hydrogen-bond donors (Lipinski definition) is 3. The number of benzene rings is 1. The molecule has 0 radical (unpaired) electrons. The largest absolute Gasteiger partial charge is 0.465 e. The van der Waals surface area contributed by atoms with E-state index in [1.54, 1.807) is 0 Å². The molecule has 0 aliphatic rings. The predicted molar refractivity (Wildman–Crippen MR) is 105 cm³/mol. The zero-order valence-electron chi connectivity index (χ0n) is 16.0. The van der Waals surface area contributed by atoms with Crippen molar-refractivity contribution in [3.63, 3.8) is 0 Å². The van der Waals surface area contributed by atoms with Crippen LogP contribution >= 0.6 is 0 Å². The quantitative estimate of drug-likeness (QED) is 0.406. The van der Waals surface area contributed by atoms with E-state index < -0.39 is 6.09 Å². The summed E-state index contributed by atoms with van der Waals surface area (Å²) in [7, 11) is 0. The van der Waals surface area contributed by atoms with E-state index in [1.165, 1.54) is 44.9 Å². The van der Waals surface area contributed by atoms with Gasteiger partial charge >= 0.3 is 6.09 Å². The van der Waals surface area contributed by atoms with Gasteiger partial charge in [0.1, 0.15) is 0 Å². The van der Waals surface area contributed by atoms with E-state index in [1.807, 2.05) is 30.3 Å². The first-order valence-electron chi connectivity index (χ1n) is 9.94. The summed E-state index contributed by atoms with van der Waals surface area (Å²) < 4.78 is 0. The normalized spacial score (nSPS) is 11.7. The van der Waals surface area contributed by atoms with E-state index in [0.717, 1.165) is 18.4 Å². The Morgan fingerprint density at radius 1 is 0.923 bits per heavy atom. The molecule has 0 bridgehead atoms. The van der Waals surface area contributed by atoms with Crippen molar-refractivity contribution in [3.05, 3.63) is 35.9 Å². The number of nitrogens with one attached hydrogen (secondary N) is 2. The Hall–Kier alpha value is -2.04. The molecule has 0 unspecified atom stereocenters. The number of hydrogen-bond acceptors (Lipinski definition) is 2. The van der Waals surface area contributed by atoms with Gasteiger partial charge in [-0.05, 0) is 12.0 Å². The van der Waals surface area contributed by atoms with Gasteiger partial charge in [-0.25, -0.2) is 4.79 Å². The minimum atomic E-state index is -1.08. The molecule has 0 fully saturated rings. The van der Waals surface area contributed by atoms with Crippen LogP contribution in [0.15, 0.2) is 30.3 Å². The molecule has 1 atom stereocenters. The Morgan fingerprint density at radius 2 is 1.50 bits per heavy atom. The van der Waals surface area contributed by atoms with Crippen molar-refractivity contribution >= 4 is 12.0 Å². The summed E-state index contributed by atoms with van der Waals surface area (Å²) in [5.41, 5.74) is 0.904. The Labute approximate surface area is 157 Å². The minimum absolute atomic E-state index is 0.0195. The van der Waals surface area contributed by atoms with E-state index in [2.05, 4.69) is 17.6 Å². The first-order valence-corrected chi connectivity index (χ1v) is 9.94. The van der Waals surface area contributed by atoms with E-state index in [9.17, 15) is 9.59 Å². The molecule has 3 N–H and O–H groups in total. The van der Waals surface area contributed by atoms with Gasteiger partial charge in [0, 0.05) is 13.0 Å². The number of amides is 2. The molecule has 1 rings (SSSR count). The molecule has 146 valence electrons. The number of carbonyl (C=O) groups is 2. The fourth-order valence-electron chi connectivity index (χ4n) is 2.99. The second-order valence-corrected chi connectivity index (χ2v) is 6.80. The maximum Gasteiger partial charge on any atom is 0.404 e. The summed E-state index contributed by atoms with van der Waals surface area (Å²) in [6.07, 6.45) is 10.4. The summed E-state index contributed by atoms with van der Waals surface area (Å²) in [5, 5.41) is 14.1. The molecule has 26 heavy (non-hydrogen) atoms. The molecule has 0 aliphatic carbocycles. The molecule has 0 aliphatic heterocycles. The lowest BCUT2D eigenvalue weighted by molar-refractivity contribution is -0.122. The van der Waals surface area contributed by atoms with Crippen LogP contribution in [0.25, 0.3) is 0 Å². The summed E-state index contributed by atoms with van der Waals surface area (Å²) in [6.45, 7) is 2.40. The van der Waals surface area contributed by atoms with Gasteiger partial charge in [-0.1, -0.05) is 88.6 Å². The SMILES string of the molecule is CCCCCCCCCCCC(=O)N[C@@H](CNC(=O)O)c1ccccc1. The van der Waals surface area contributed by atoms with Gasteiger partial charge in [0.2, 0.25) is 5.91 Å². The van der Waals surface area contributed by atoms with Crippen molar-refractivity contribution in [2.75, 3.05) is 6.54 Å². The van der Waals surface area contributed by atoms with Crippen LogP contribution in [-0.2, 0) is 4.79 Å². The van der Waals surface area contributed by atoms with Crippen LogP contribution in [-0.4, -0.2) is 23.7 Å². The molecule has 1 aromatic rings. The first-order chi connectivity index (χ1) is 12.6. The van der Waals surface area contributed by atoms with Gasteiger partial charge in [-0.15, -0.1) is 0 Å². The van der Waals surface area contributed by atoms with Gasteiger partial charge < -0.3 is 15.7 Å². The third-order valence-electron chi connectivity index (χ3n) is 4.50. The van der Waals surface area contributed by atoms with E-state index in [-0.39, 0.29) is 18.5 Å². The topological polar surface area (TPSA) is 78.4 Å². The molecular weight excluding hydrogens is 328 g/mol. The minimum Gasteiger partial charge on any atom is -0.465 e. The molecule has 0 saturated heterocycles. The van der Waals surface area contributed by atoms with Crippen LogP contribution in [0.3, 0.4) is 0 Å². The van der Waals surface area contributed by atoms with Crippen molar-refractivity contribution in [2.24, 2.45) is 0 Å². The highest BCUT2D eigenvalue weighted by Gasteiger charge is 2.15. The second-order valence-electron chi connectivity index (χ2n) is 6.80. The molecule has 5 nitrogen and oxygen atoms in total. The lowest BCUT2D eigenvalue weighted by Gasteiger charge is -2.19. The smallest absolute Gasteiger partial charge is 0.404 e. The Kier molecular flexibility index (Phi) is 12.0. The summed E-state index contributed by atoms with van der Waals surface area (Å²) in [6, 6.07) is 9.12. The van der Waals surface area contributed by atoms with Gasteiger partial charge in [-0.2, -0.15) is 0 Å². The highest BCUT2D eigenvalue weighted by atomic mass is 16.4. The lowest BCUT2D eigenvalue weighted by Crippen LogP contribution is -2.37. The van der Waals surface area contributed by atoms with Crippen molar-refractivity contribution in [2.45, 2.75) is 77.2 Å². The third-order valence-corrected chi connectivity index (χ3v) is 4.50. The van der Waals surface area contributed by atoms with Crippen LogP contribution in [0.4, 0.5) is 4.79 Å². The lowest BCUT2D eigenvalue weighted by atomic mass is 10.1. The third kappa shape index (κ3) is 10.7. The predicted octanol–water partition coefficient (Wildman–Crippen LogP) is 5.03. The number of unbranched alkanes of at least 4 members (excludes halogenated alkanes) is 8. The molecule has 0 saturated carbocycles. The Morgan fingerprint density at radius 3 is 2.08 bits per heavy atom. The molecule has 5 heteroatoms. The fraction of sp³-hybridized carbons (Fsp3) is 0.619. The van der Waals surface area contributed by atoms with Crippen molar-refractivity contribution in [1.29, 1.82) is 0 Å². The van der Waals surface area contributed by atoms with E-state index >= 15 is 0 Å². The van der Waals surface area contributed by atoms with Crippen LogP contribution in [0.1, 0.15) is 82.7 Å². The molecule has 0 heterocycles. The van der Waals surface area contributed by atoms with Gasteiger partial charge in [-0.3, -0.25) is 4.79 Å². The van der Waals surface area contributed by atoms with E-state index in [0.29, 0.717) is 6.42 Å². The van der Waals surface area contributed by atoms with Gasteiger partial charge in [0.05, 0.1) is 6.04 Å². The summed E-state index contributed by atoms with van der Waals surface area (Å²) in [4.78, 5) is 22.9. The monoisotopic (exact) mass is 362 g/mol. The van der Waals surface area contributed by atoms with Crippen LogP contribution in [0.2, 0.25) is 0 Å². The average Bonchev–Trinajstić information content (AvgIpc) is 2.64. The zero-order chi connectivity index (χ0) is 19.0. The summed E-state index contributed by atoms with van der Waals surface area (Å²) in [5.74, 6) is -0.0195. The van der Waals surface area contributed by atoms with Crippen molar-refractivity contribution in [3.8, 4) is 0 Å². The molecule has 1 aromatic carbocycles. The number of rotatable bonds is 14. The summed E-state index contributed by atoms with van der Waals surface area (Å²) >= 11 is 0. The first kappa shape index (κ1) is 22.0.